The molecule has 4 aliphatic carbocycles. The maximum Gasteiger partial charge on any atom is 0.234 e. The average Bonchev–Trinajstić information content (AvgIpc) is 3.30. The van der Waals surface area contributed by atoms with Crippen LogP contribution in [-0.4, -0.2) is 16.7 Å². The molecule has 0 aromatic heterocycles. The largest absolute Gasteiger partial charge is 0.278 e. The first-order valence-electron chi connectivity index (χ1n) is 7.93. The van der Waals surface area contributed by atoms with Gasteiger partial charge in [-0.25, -0.2) is 4.39 Å². The van der Waals surface area contributed by atoms with E-state index in [2.05, 4.69) is 12.2 Å². The summed E-state index contributed by atoms with van der Waals surface area (Å²) in [4.78, 5) is 26.9. The van der Waals surface area contributed by atoms with Crippen LogP contribution in [0.3, 0.4) is 0 Å². The molecule has 0 unspecified atom stereocenters. The second-order valence-electron chi connectivity index (χ2n) is 7.04. The highest BCUT2D eigenvalue weighted by atomic mass is 19.1. The molecule has 3 fully saturated rings. The standard InChI is InChI=1S/C18H16FNO2/c19-10-3-1-9(2-4-10)8-20-17(21)15-11-5-6-12(14-7-13(11)14)16(15)18(20)22/h1-6,11-16H,7-8H2/t11-,12-,13-,14-,15+,16+/m1/s1. The third-order valence-corrected chi connectivity index (χ3v) is 6.01. The number of rotatable bonds is 2. The molecule has 112 valence electrons. The van der Waals surface area contributed by atoms with E-state index in [0.717, 1.165) is 5.56 Å². The number of carbonyl (C=O) groups is 2. The minimum Gasteiger partial charge on any atom is -0.278 e. The molecule has 6 atom stereocenters. The Bertz CT molecular complexity index is 674. The van der Waals surface area contributed by atoms with Crippen molar-refractivity contribution < 1.29 is 14.0 Å². The molecule has 1 heterocycles. The summed E-state index contributed by atoms with van der Waals surface area (Å²) in [5.74, 6) is 1.12. The first-order valence-corrected chi connectivity index (χ1v) is 7.93. The van der Waals surface area contributed by atoms with E-state index in [-0.39, 0.29) is 47.8 Å². The molecule has 22 heavy (non-hydrogen) atoms. The van der Waals surface area contributed by atoms with Crippen molar-refractivity contribution in [3.8, 4) is 0 Å². The van der Waals surface area contributed by atoms with E-state index in [1.54, 1.807) is 12.1 Å². The predicted octanol–water partition coefficient (Wildman–Crippen LogP) is 2.38. The van der Waals surface area contributed by atoms with Crippen LogP contribution >= 0.6 is 0 Å². The zero-order chi connectivity index (χ0) is 15.0. The Morgan fingerprint density at radius 2 is 1.50 bits per heavy atom. The number of hydrogen-bond donors (Lipinski definition) is 0. The Kier molecular flexibility index (Phi) is 2.32. The quantitative estimate of drug-likeness (QED) is 0.621. The Balaban J connectivity index is 1.46. The number of nitrogens with zero attached hydrogens (tertiary/aromatic N) is 1. The zero-order valence-corrected chi connectivity index (χ0v) is 12.0. The molecular weight excluding hydrogens is 281 g/mol. The van der Waals surface area contributed by atoms with Crippen molar-refractivity contribution in [3.05, 3.63) is 47.8 Å². The highest BCUT2D eigenvalue weighted by molar-refractivity contribution is 6.06. The molecule has 4 heteroatoms. The molecular formula is C18H16FNO2. The van der Waals surface area contributed by atoms with Crippen LogP contribution < -0.4 is 0 Å². The van der Waals surface area contributed by atoms with E-state index in [9.17, 15) is 14.0 Å². The summed E-state index contributed by atoms with van der Waals surface area (Å²) in [5.41, 5.74) is 0.798. The molecule has 0 radical (unpaired) electrons. The molecule has 0 spiro atoms. The molecule has 6 rings (SSSR count). The molecule has 3 nitrogen and oxygen atoms in total. The van der Waals surface area contributed by atoms with E-state index in [4.69, 9.17) is 0 Å². The summed E-state index contributed by atoms with van der Waals surface area (Å²) in [6, 6.07) is 6.02. The van der Waals surface area contributed by atoms with Crippen LogP contribution in [0.15, 0.2) is 36.4 Å². The van der Waals surface area contributed by atoms with Crippen LogP contribution in [0, 0.1) is 41.3 Å². The Morgan fingerprint density at radius 3 is 2.05 bits per heavy atom. The number of carbonyl (C=O) groups excluding carboxylic acids is 2. The average molecular weight is 297 g/mol. The van der Waals surface area contributed by atoms with Gasteiger partial charge in [-0.15, -0.1) is 0 Å². The van der Waals surface area contributed by atoms with E-state index in [1.165, 1.54) is 23.5 Å². The lowest BCUT2D eigenvalue weighted by Crippen LogP contribution is -2.40. The van der Waals surface area contributed by atoms with Gasteiger partial charge in [-0.2, -0.15) is 0 Å². The van der Waals surface area contributed by atoms with Crippen LogP contribution in [0.2, 0.25) is 0 Å². The summed E-state index contributed by atoms with van der Waals surface area (Å²) in [5, 5.41) is 0. The highest BCUT2D eigenvalue weighted by Gasteiger charge is 2.66. The lowest BCUT2D eigenvalue weighted by atomic mass is 9.63. The van der Waals surface area contributed by atoms with Gasteiger partial charge in [0.1, 0.15) is 5.82 Å². The summed E-state index contributed by atoms with van der Waals surface area (Å²) in [7, 11) is 0. The predicted molar refractivity (Wildman–Crippen MR) is 76.7 cm³/mol. The first kappa shape index (κ1) is 12.6. The van der Waals surface area contributed by atoms with Gasteiger partial charge in [-0.1, -0.05) is 24.3 Å². The minimum atomic E-state index is -0.307. The first-order chi connectivity index (χ1) is 10.6. The highest BCUT2D eigenvalue weighted by Crippen LogP contribution is 2.65. The fraction of sp³-hybridized carbons (Fsp3) is 0.444. The van der Waals surface area contributed by atoms with Gasteiger partial charge in [0.05, 0.1) is 18.4 Å². The number of allylic oxidation sites excluding steroid dienone is 2. The second-order valence-corrected chi connectivity index (χ2v) is 7.04. The van der Waals surface area contributed by atoms with Crippen molar-refractivity contribution in [2.45, 2.75) is 13.0 Å². The summed E-state index contributed by atoms with van der Waals surface area (Å²) in [6.07, 6.45) is 5.52. The fourth-order valence-electron chi connectivity index (χ4n) is 4.95. The van der Waals surface area contributed by atoms with Gasteiger partial charge in [0, 0.05) is 0 Å². The maximum atomic E-state index is 13.0. The van der Waals surface area contributed by atoms with Crippen LogP contribution in [0.4, 0.5) is 4.39 Å². The van der Waals surface area contributed by atoms with Crippen molar-refractivity contribution in [1.82, 2.24) is 4.90 Å². The Morgan fingerprint density at radius 1 is 0.955 bits per heavy atom. The second kappa shape index (κ2) is 4.06. The van der Waals surface area contributed by atoms with Crippen molar-refractivity contribution in [3.63, 3.8) is 0 Å². The molecule has 2 saturated carbocycles. The van der Waals surface area contributed by atoms with Gasteiger partial charge >= 0.3 is 0 Å². The van der Waals surface area contributed by atoms with Gasteiger partial charge in [0.2, 0.25) is 11.8 Å². The van der Waals surface area contributed by atoms with Gasteiger partial charge in [0.15, 0.2) is 0 Å². The molecule has 1 aromatic rings. The number of halogens is 1. The van der Waals surface area contributed by atoms with Gasteiger partial charge in [-0.05, 0) is 47.8 Å². The van der Waals surface area contributed by atoms with Crippen molar-refractivity contribution in [1.29, 1.82) is 0 Å². The molecule has 0 N–H and O–H groups in total. The number of benzene rings is 1. The summed E-state index contributed by atoms with van der Waals surface area (Å²) in [6.45, 7) is 0.264. The molecule has 2 amide bonds. The topological polar surface area (TPSA) is 37.4 Å². The number of likely N-dealkylation sites (tertiary alicyclic amines) is 1. The van der Waals surface area contributed by atoms with Crippen LogP contribution in [0.5, 0.6) is 0 Å². The smallest absolute Gasteiger partial charge is 0.234 e. The number of amides is 2. The molecule has 5 aliphatic rings. The van der Waals surface area contributed by atoms with E-state index < -0.39 is 0 Å². The lowest BCUT2D eigenvalue weighted by Gasteiger charge is -2.37. The Labute approximate surface area is 127 Å². The third-order valence-electron chi connectivity index (χ3n) is 6.01. The van der Waals surface area contributed by atoms with E-state index in [1.807, 2.05) is 0 Å². The van der Waals surface area contributed by atoms with Gasteiger partial charge < -0.3 is 0 Å². The summed E-state index contributed by atoms with van der Waals surface area (Å²) < 4.78 is 13.0. The minimum absolute atomic E-state index is 0.0241. The molecule has 1 aromatic carbocycles. The van der Waals surface area contributed by atoms with Crippen molar-refractivity contribution >= 4 is 11.8 Å². The zero-order valence-electron chi connectivity index (χ0n) is 12.0. The monoisotopic (exact) mass is 297 g/mol. The van der Waals surface area contributed by atoms with Crippen LogP contribution in [-0.2, 0) is 16.1 Å². The lowest BCUT2D eigenvalue weighted by molar-refractivity contribution is -0.140. The van der Waals surface area contributed by atoms with Crippen LogP contribution in [0.25, 0.3) is 0 Å². The third kappa shape index (κ3) is 1.50. The molecule has 1 aliphatic heterocycles. The summed E-state index contributed by atoms with van der Waals surface area (Å²) >= 11 is 0. The Hall–Kier alpha value is -1.97. The van der Waals surface area contributed by atoms with Gasteiger partial charge in [-0.3, -0.25) is 14.5 Å². The molecule has 2 bridgehead atoms. The van der Waals surface area contributed by atoms with E-state index in [0.29, 0.717) is 11.8 Å². The van der Waals surface area contributed by atoms with E-state index >= 15 is 0 Å². The number of hydrogen-bond acceptors (Lipinski definition) is 2. The SMILES string of the molecule is O=C1[C@H]2[C@@H]3C=C[C@H]([C@H]4C[C@H]34)[C@@H]2C(=O)N1Cc1ccc(F)cc1. The van der Waals surface area contributed by atoms with Crippen molar-refractivity contribution in [2.24, 2.45) is 35.5 Å². The van der Waals surface area contributed by atoms with Crippen molar-refractivity contribution in [2.75, 3.05) is 0 Å². The molecule has 1 saturated heterocycles. The van der Waals surface area contributed by atoms with Gasteiger partial charge in [0.25, 0.3) is 0 Å². The fourth-order valence-corrected chi connectivity index (χ4v) is 4.95. The maximum absolute atomic E-state index is 13.0. The van der Waals surface area contributed by atoms with Crippen LogP contribution in [0.1, 0.15) is 12.0 Å². The normalized spacial score (nSPS) is 40.9. The number of imide groups is 1.